The molecule has 24 heavy (non-hydrogen) atoms. The predicted octanol–water partition coefficient (Wildman–Crippen LogP) is 0.815. The summed E-state index contributed by atoms with van der Waals surface area (Å²) in [6.07, 6.45) is 5.37. The van der Waals surface area contributed by atoms with E-state index in [0.29, 0.717) is 21.4 Å². The average molecular weight is 380 g/mol. The minimum Gasteiger partial charge on any atom is -1.00 e. The first-order valence-electron chi connectivity index (χ1n) is 6.91. The first-order chi connectivity index (χ1) is 11.1. The fourth-order valence-corrected chi connectivity index (χ4v) is 2.83. The molecular formula is C16H12BrFLiN5. The molecule has 8 heteroatoms. The van der Waals surface area contributed by atoms with Crippen molar-refractivity contribution in [3.8, 4) is 22.5 Å². The van der Waals surface area contributed by atoms with Gasteiger partial charge in [-0.25, -0.2) is 13.9 Å². The van der Waals surface area contributed by atoms with Gasteiger partial charge in [0.25, 0.3) is 0 Å². The molecule has 4 aromatic rings. The number of hydrogen-bond acceptors (Lipinski definition) is 3. The molecule has 0 atom stereocenters. The molecule has 0 aliphatic rings. The third-order valence-corrected chi connectivity index (χ3v) is 4.06. The Balaban J connectivity index is 0.00000113. The van der Waals surface area contributed by atoms with E-state index in [-0.39, 0.29) is 26.1 Å². The van der Waals surface area contributed by atoms with Gasteiger partial charge in [0.15, 0.2) is 5.65 Å². The van der Waals surface area contributed by atoms with Crippen LogP contribution < -0.4 is 18.9 Å². The van der Waals surface area contributed by atoms with E-state index >= 15 is 0 Å². The molecule has 3 aromatic heterocycles. The zero-order chi connectivity index (χ0) is 16.0. The summed E-state index contributed by atoms with van der Waals surface area (Å²) < 4.78 is 18.3. The molecule has 0 spiro atoms. The van der Waals surface area contributed by atoms with Gasteiger partial charge in [0.05, 0.1) is 17.6 Å². The maximum Gasteiger partial charge on any atom is 1.00 e. The molecule has 0 aliphatic heterocycles. The SMILES string of the molecule is Cn1cc(-c2ccnc3cc(-c4ccc(Br)cc4F)nn23)cn1.[H-].[Li+]. The average Bonchev–Trinajstić information content (AvgIpc) is 3.12. The van der Waals surface area contributed by atoms with Crippen molar-refractivity contribution in [1.29, 1.82) is 0 Å². The smallest absolute Gasteiger partial charge is 1.00 e. The Kier molecular flexibility index (Phi) is 4.59. The molecular weight excluding hydrogens is 368 g/mol. The van der Waals surface area contributed by atoms with Gasteiger partial charge in [-0.05, 0) is 24.3 Å². The van der Waals surface area contributed by atoms with Crippen LogP contribution in [0.15, 0.2) is 53.4 Å². The number of halogens is 2. The summed E-state index contributed by atoms with van der Waals surface area (Å²) in [5.41, 5.74) is 3.41. The minimum absolute atomic E-state index is 0. The number of fused-ring (bicyclic) bond motifs is 1. The summed E-state index contributed by atoms with van der Waals surface area (Å²) in [6, 6.07) is 8.54. The van der Waals surface area contributed by atoms with Crippen molar-refractivity contribution in [3.05, 3.63) is 59.2 Å². The van der Waals surface area contributed by atoms with E-state index in [4.69, 9.17) is 0 Å². The fourth-order valence-electron chi connectivity index (χ4n) is 2.50. The van der Waals surface area contributed by atoms with Crippen LogP contribution in [0, 0.1) is 5.82 Å². The Morgan fingerprint density at radius 1 is 1.21 bits per heavy atom. The molecule has 0 fully saturated rings. The summed E-state index contributed by atoms with van der Waals surface area (Å²) in [5, 5.41) is 8.70. The van der Waals surface area contributed by atoms with Crippen molar-refractivity contribution < 1.29 is 24.7 Å². The van der Waals surface area contributed by atoms with E-state index in [1.54, 1.807) is 39.8 Å². The number of hydrogen-bond donors (Lipinski definition) is 0. The van der Waals surface area contributed by atoms with Gasteiger partial charge in [0.1, 0.15) is 5.82 Å². The van der Waals surface area contributed by atoms with Crippen LogP contribution in [-0.2, 0) is 7.05 Å². The minimum atomic E-state index is -0.328. The van der Waals surface area contributed by atoms with Gasteiger partial charge in [-0.15, -0.1) is 0 Å². The molecule has 0 aliphatic carbocycles. The van der Waals surface area contributed by atoms with Crippen LogP contribution in [0.3, 0.4) is 0 Å². The van der Waals surface area contributed by atoms with Gasteiger partial charge in [-0.2, -0.15) is 10.2 Å². The third kappa shape index (κ3) is 2.91. The van der Waals surface area contributed by atoms with E-state index in [9.17, 15) is 4.39 Å². The number of aromatic nitrogens is 5. The van der Waals surface area contributed by atoms with E-state index in [1.165, 1.54) is 6.07 Å². The molecule has 0 radical (unpaired) electrons. The zero-order valence-corrected chi connectivity index (χ0v) is 14.7. The van der Waals surface area contributed by atoms with E-state index < -0.39 is 0 Å². The standard InChI is InChI=1S/C16H11BrFN5.Li.H/c1-22-9-10(8-20-22)15-4-5-19-16-7-14(21-23(15)16)12-3-2-11(17)6-13(12)18;;/h2-9H,1H3;;/q;+1;-1. The number of nitrogens with zero attached hydrogens (tertiary/aromatic N) is 5. The Labute approximate surface area is 159 Å². The summed E-state index contributed by atoms with van der Waals surface area (Å²) >= 11 is 3.26. The quantitative estimate of drug-likeness (QED) is 0.484. The summed E-state index contributed by atoms with van der Waals surface area (Å²) in [6.45, 7) is 0. The number of benzene rings is 1. The van der Waals surface area contributed by atoms with Crippen molar-refractivity contribution in [2.75, 3.05) is 0 Å². The summed E-state index contributed by atoms with van der Waals surface area (Å²) in [7, 11) is 1.85. The van der Waals surface area contributed by atoms with Gasteiger partial charge in [0.2, 0.25) is 0 Å². The molecule has 1 aromatic carbocycles. The third-order valence-electron chi connectivity index (χ3n) is 3.57. The normalized spacial score (nSPS) is 10.8. The van der Waals surface area contributed by atoms with Crippen LogP contribution in [0.2, 0.25) is 0 Å². The summed E-state index contributed by atoms with van der Waals surface area (Å²) in [4.78, 5) is 4.31. The molecule has 3 heterocycles. The number of aryl methyl sites for hydroxylation is 1. The topological polar surface area (TPSA) is 48.0 Å². The van der Waals surface area contributed by atoms with Gasteiger partial charge < -0.3 is 1.43 Å². The van der Waals surface area contributed by atoms with Crippen molar-refractivity contribution in [3.63, 3.8) is 0 Å². The first-order valence-corrected chi connectivity index (χ1v) is 7.70. The van der Waals surface area contributed by atoms with Crippen molar-refractivity contribution in [2.24, 2.45) is 7.05 Å². The second kappa shape index (κ2) is 6.52. The van der Waals surface area contributed by atoms with Crippen LogP contribution >= 0.6 is 15.9 Å². The van der Waals surface area contributed by atoms with Crippen LogP contribution in [0.25, 0.3) is 28.2 Å². The van der Waals surface area contributed by atoms with Crippen LogP contribution in [0.4, 0.5) is 4.39 Å². The fraction of sp³-hybridized carbons (Fsp3) is 0.0625. The maximum atomic E-state index is 14.2. The Bertz CT molecular complexity index is 1030. The Hall–Kier alpha value is -1.94. The van der Waals surface area contributed by atoms with E-state index in [1.807, 2.05) is 19.3 Å². The van der Waals surface area contributed by atoms with Crippen molar-refractivity contribution in [1.82, 2.24) is 24.4 Å². The number of rotatable bonds is 2. The molecule has 0 saturated carbocycles. The molecule has 0 N–H and O–H groups in total. The second-order valence-electron chi connectivity index (χ2n) is 5.16. The second-order valence-corrected chi connectivity index (χ2v) is 6.07. The molecule has 0 amide bonds. The maximum absolute atomic E-state index is 14.2. The molecule has 116 valence electrons. The molecule has 5 nitrogen and oxygen atoms in total. The predicted molar refractivity (Wildman–Crippen MR) is 89.4 cm³/mol. The monoisotopic (exact) mass is 379 g/mol. The molecule has 4 rings (SSSR count). The van der Waals surface area contributed by atoms with Gasteiger partial charge in [0, 0.05) is 41.1 Å². The Morgan fingerprint density at radius 2 is 2.04 bits per heavy atom. The van der Waals surface area contributed by atoms with Gasteiger partial charge in [-0.1, -0.05) is 15.9 Å². The van der Waals surface area contributed by atoms with Crippen molar-refractivity contribution >= 4 is 21.6 Å². The van der Waals surface area contributed by atoms with Crippen LogP contribution in [0.5, 0.6) is 0 Å². The largest absolute Gasteiger partial charge is 1.00 e. The van der Waals surface area contributed by atoms with Crippen LogP contribution in [0.1, 0.15) is 1.43 Å². The molecule has 0 unspecified atom stereocenters. The van der Waals surface area contributed by atoms with Gasteiger partial charge in [-0.3, -0.25) is 4.68 Å². The van der Waals surface area contributed by atoms with Crippen molar-refractivity contribution in [2.45, 2.75) is 0 Å². The van der Waals surface area contributed by atoms with E-state index in [0.717, 1.165) is 11.3 Å². The van der Waals surface area contributed by atoms with E-state index in [2.05, 4.69) is 31.1 Å². The molecule has 0 bridgehead atoms. The summed E-state index contributed by atoms with van der Waals surface area (Å²) in [5.74, 6) is -0.328. The Morgan fingerprint density at radius 3 is 2.75 bits per heavy atom. The first kappa shape index (κ1) is 16.9. The van der Waals surface area contributed by atoms with Gasteiger partial charge >= 0.3 is 18.9 Å². The zero-order valence-electron chi connectivity index (χ0n) is 14.1. The molecule has 0 saturated heterocycles. The van der Waals surface area contributed by atoms with Crippen LogP contribution in [-0.4, -0.2) is 24.4 Å².